The molecule has 2 rings (SSSR count). The van der Waals surface area contributed by atoms with E-state index in [1.165, 1.54) is 5.56 Å². The van der Waals surface area contributed by atoms with Crippen LogP contribution in [0.2, 0.25) is 0 Å². The topological polar surface area (TPSA) is 29.9 Å². The van der Waals surface area contributed by atoms with Gasteiger partial charge in [0.05, 0.1) is 6.20 Å². The first-order chi connectivity index (χ1) is 7.75. The minimum atomic E-state index is 0.422. The summed E-state index contributed by atoms with van der Waals surface area (Å²) >= 11 is 0. The van der Waals surface area contributed by atoms with Gasteiger partial charge in [-0.05, 0) is 26.0 Å². The van der Waals surface area contributed by atoms with Gasteiger partial charge in [0, 0.05) is 30.0 Å². The van der Waals surface area contributed by atoms with E-state index in [4.69, 9.17) is 0 Å². The number of nitrogens with zero attached hydrogens (tertiary/aromatic N) is 2. The quantitative estimate of drug-likeness (QED) is 0.849. The monoisotopic (exact) mass is 215 g/mol. The molecule has 0 bridgehead atoms. The fourth-order valence-corrected chi connectivity index (χ4v) is 1.51. The second kappa shape index (κ2) is 4.84. The lowest BCUT2D eigenvalue weighted by Crippen LogP contribution is -2.01. The molecule has 3 heteroatoms. The van der Waals surface area contributed by atoms with Crippen LogP contribution < -0.4 is 5.32 Å². The standard InChI is InChI=1S/C13H17N3/c1-11(2)16-10-12(9-15-16)8-14-13-6-4-3-5-7-13/h3-7,9-11,14H,8H2,1-2H3. The normalized spacial score (nSPS) is 10.7. The van der Waals surface area contributed by atoms with Gasteiger partial charge < -0.3 is 5.32 Å². The van der Waals surface area contributed by atoms with Crippen LogP contribution in [0.1, 0.15) is 25.5 Å². The van der Waals surface area contributed by atoms with Crippen molar-refractivity contribution < 1.29 is 0 Å². The molecule has 0 fully saturated rings. The molecule has 16 heavy (non-hydrogen) atoms. The van der Waals surface area contributed by atoms with Crippen LogP contribution in [0.5, 0.6) is 0 Å². The molecule has 1 aromatic carbocycles. The number of aromatic nitrogens is 2. The van der Waals surface area contributed by atoms with Crippen LogP contribution in [0, 0.1) is 0 Å². The number of nitrogens with one attached hydrogen (secondary N) is 1. The number of anilines is 1. The lowest BCUT2D eigenvalue weighted by Gasteiger charge is -2.05. The Hall–Kier alpha value is -1.77. The average Bonchev–Trinajstić information content (AvgIpc) is 2.76. The van der Waals surface area contributed by atoms with Gasteiger partial charge in [-0.25, -0.2) is 0 Å². The minimum Gasteiger partial charge on any atom is -0.381 e. The predicted octanol–water partition coefficient (Wildman–Crippen LogP) is 3.08. The van der Waals surface area contributed by atoms with Gasteiger partial charge in [-0.2, -0.15) is 5.10 Å². The molecule has 84 valence electrons. The number of para-hydroxylation sites is 1. The summed E-state index contributed by atoms with van der Waals surface area (Å²) in [5.74, 6) is 0. The first kappa shape index (κ1) is 10.7. The van der Waals surface area contributed by atoms with Crippen LogP contribution in [0.3, 0.4) is 0 Å². The highest BCUT2D eigenvalue weighted by Gasteiger charge is 2.01. The van der Waals surface area contributed by atoms with Crippen LogP contribution >= 0.6 is 0 Å². The molecule has 0 saturated heterocycles. The largest absolute Gasteiger partial charge is 0.381 e. The average molecular weight is 215 g/mol. The lowest BCUT2D eigenvalue weighted by molar-refractivity contribution is 0.532. The maximum Gasteiger partial charge on any atom is 0.0539 e. The van der Waals surface area contributed by atoms with Crippen molar-refractivity contribution in [3.63, 3.8) is 0 Å². The summed E-state index contributed by atoms with van der Waals surface area (Å²) in [6.07, 6.45) is 4.00. The molecule has 0 atom stereocenters. The Morgan fingerprint density at radius 3 is 2.62 bits per heavy atom. The molecule has 0 amide bonds. The molecular weight excluding hydrogens is 198 g/mol. The first-order valence-electron chi connectivity index (χ1n) is 5.57. The molecule has 1 N–H and O–H groups in total. The number of hydrogen-bond acceptors (Lipinski definition) is 2. The predicted molar refractivity (Wildman–Crippen MR) is 66.4 cm³/mol. The fraction of sp³-hybridized carbons (Fsp3) is 0.308. The van der Waals surface area contributed by atoms with E-state index in [9.17, 15) is 0 Å². The van der Waals surface area contributed by atoms with Crippen LogP contribution in [-0.2, 0) is 6.54 Å². The van der Waals surface area contributed by atoms with E-state index in [1.54, 1.807) is 0 Å². The Kier molecular flexibility index (Phi) is 3.25. The van der Waals surface area contributed by atoms with Gasteiger partial charge in [0.1, 0.15) is 0 Å². The summed E-state index contributed by atoms with van der Waals surface area (Å²) < 4.78 is 1.97. The Bertz CT molecular complexity index is 431. The lowest BCUT2D eigenvalue weighted by atomic mass is 10.3. The zero-order valence-corrected chi connectivity index (χ0v) is 9.72. The molecule has 0 aliphatic heterocycles. The van der Waals surface area contributed by atoms with Crippen molar-refractivity contribution in [2.24, 2.45) is 0 Å². The van der Waals surface area contributed by atoms with Crippen LogP contribution in [0.4, 0.5) is 5.69 Å². The van der Waals surface area contributed by atoms with Crippen molar-refractivity contribution in [1.29, 1.82) is 0 Å². The van der Waals surface area contributed by atoms with E-state index in [-0.39, 0.29) is 0 Å². The molecule has 3 nitrogen and oxygen atoms in total. The van der Waals surface area contributed by atoms with Gasteiger partial charge in [-0.15, -0.1) is 0 Å². The van der Waals surface area contributed by atoms with Crippen LogP contribution in [0.25, 0.3) is 0 Å². The summed E-state index contributed by atoms with van der Waals surface area (Å²) in [5, 5.41) is 7.66. The second-order valence-corrected chi connectivity index (χ2v) is 4.14. The summed E-state index contributed by atoms with van der Waals surface area (Å²) in [6.45, 7) is 5.07. The Labute approximate surface area is 96.1 Å². The number of benzene rings is 1. The zero-order chi connectivity index (χ0) is 11.4. The maximum absolute atomic E-state index is 4.30. The molecule has 2 aromatic rings. The molecule has 0 unspecified atom stereocenters. The van der Waals surface area contributed by atoms with E-state index < -0.39 is 0 Å². The third-order valence-corrected chi connectivity index (χ3v) is 2.45. The third-order valence-electron chi connectivity index (χ3n) is 2.45. The fourth-order valence-electron chi connectivity index (χ4n) is 1.51. The van der Waals surface area contributed by atoms with E-state index in [0.717, 1.165) is 12.2 Å². The van der Waals surface area contributed by atoms with Crippen molar-refractivity contribution in [1.82, 2.24) is 9.78 Å². The summed E-state index contributed by atoms with van der Waals surface area (Å²) in [5.41, 5.74) is 2.34. The summed E-state index contributed by atoms with van der Waals surface area (Å²) in [7, 11) is 0. The highest BCUT2D eigenvalue weighted by atomic mass is 15.3. The van der Waals surface area contributed by atoms with Gasteiger partial charge in [0.25, 0.3) is 0 Å². The zero-order valence-electron chi connectivity index (χ0n) is 9.72. The highest BCUT2D eigenvalue weighted by Crippen LogP contribution is 2.09. The number of hydrogen-bond donors (Lipinski definition) is 1. The highest BCUT2D eigenvalue weighted by molar-refractivity contribution is 5.42. The molecule has 0 aliphatic carbocycles. The van der Waals surface area contributed by atoms with Gasteiger partial charge in [0.15, 0.2) is 0 Å². The van der Waals surface area contributed by atoms with Crippen molar-refractivity contribution >= 4 is 5.69 Å². The first-order valence-corrected chi connectivity index (χ1v) is 5.57. The Morgan fingerprint density at radius 2 is 2.00 bits per heavy atom. The minimum absolute atomic E-state index is 0.422. The molecule has 0 aliphatic rings. The van der Waals surface area contributed by atoms with E-state index in [1.807, 2.05) is 29.1 Å². The molecule has 0 saturated carbocycles. The van der Waals surface area contributed by atoms with Gasteiger partial charge in [-0.1, -0.05) is 18.2 Å². The second-order valence-electron chi connectivity index (χ2n) is 4.14. The van der Waals surface area contributed by atoms with Crippen molar-refractivity contribution in [2.45, 2.75) is 26.4 Å². The maximum atomic E-state index is 4.30. The molecular formula is C13H17N3. The number of rotatable bonds is 4. The van der Waals surface area contributed by atoms with Crippen molar-refractivity contribution in [3.05, 3.63) is 48.3 Å². The van der Waals surface area contributed by atoms with Gasteiger partial charge in [-0.3, -0.25) is 4.68 Å². The van der Waals surface area contributed by atoms with Crippen LogP contribution in [-0.4, -0.2) is 9.78 Å². The Balaban J connectivity index is 1.95. The SMILES string of the molecule is CC(C)n1cc(CNc2ccccc2)cn1. The van der Waals surface area contributed by atoms with E-state index >= 15 is 0 Å². The van der Waals surface area contributed by atoms with E-state index in [2.05, 4.69) is 42.6 Å². The molecule has 1 heterocycles. The van der Waals surface area contributed by atoms with E-state index in [0.29, 0.717) is 6.04 Å². The molecule has 0 spiro atoms. The van der Waals surface area contributed by atoms with Gasteiger partial charge >= 0.3 is 0 Å². The summed E-state index contributed by atoms with van der Waals surface area (Å²) in [6, 6.07) is 10.6. The smallest absolute Gasteiger partial charge is 0.0539 e. The summed E-state index contributed by atoms with van der Waals surface area (Å²) in [4.78, 5) is 0. The van der Waals surface area contributed by atoms with Crippen LogP contribution in [0.15, 0.2) is 42.7 Å². The Morgan fingerprint density at radius 1 is 1.25 bits per heavy atom. The molecule has 0 radical (unpaired) electrons. The van der Waals surface area contributed by atoms with Crippen molar-refractivity contribution in [2.75, 3.05) is 5.32 Å². The third kappa shape index (κ3) is 2.63. The molecule has 1 aromatic heterocycles. The van der Waals surface area contributed by atoms with Crippen molar-refractivity contribution in [3.8, 4) is 0 Å². The van der Waals surface area contributed by atoms with Gasteiger partial charge in [0.2, 0.25) is 0 Å².